The fourth-order valence-corrected chi connectivity index (χ4v) is 4.04. The van der Waals surface area contributed by atoms with Crippen LogP contribution in [0.2, 0.25) is 5.02 Å². The third-order valence-corrected chi connectivity index (χ3v) is 5.55. The Bertz CT molecular complexity index is 997. The molecule has 0 spiro atoms. The van der Waals surface area contributed by atoms with Gasteiger partial charge in [-0.25, -0.2) is 4.98 Å². The first-order valence-corrected chi connectivity index (χ1v) is 9.09. The summed E-state index contributed by atoms with van der Waals surface area (Å²) in [7, 11) is 0. The average molecular weight is 372 g/mol. The van der Waals surface area contributed by atoms with Gasteiger partial charge in [0.2, 0.25) is 0 Å². The second-order valence-corrected chi connectivity index (χ2v) is 7.10. The lowest BCUT2D eigenvalue weighted by atomic mass is 10.1. The summed E-state index contributed by atoms with van der Waals surface area (Å²) in [5, 5.41) is 2.26. The highest BCUT2D eigenvalue weighted by Gasteiger charge is 2.27. The van der Waals surface area contributed by atoms with Crippen molar-refractivity contribution < 1.29 is 4.79 Å². The molecule has 0 bridgehead atoms. The van der Waals surface area contributed by atoms with Gasteiger partial charge in [-0.15, -0.1) is 11.3 Å². The first-order chi connectivity index (χ1) is 12.1. The van der Waals surface area contributed by atoms with Crippen molar-refractivity contribution in [1.29, 1.82) is 0 Å². The summed E-state index contributed by atoms with van der Waals surface area (Å²) in [5.41, 5.74) is 2.01. The molecule has 1 amide bonds. The van der Waals surface area contributed by atoms with Gasteiger partial charge in [-0.1, -0.05) is 41.9 Å². The van der Waals surface area contributed by atoms with Gasteiger partial charge in [0, 0.05) is 17.7 Å². The topological polar surface area (TPSA) is 66.1 Å². The first kappa shape index (κ1) is 16.1. The Morgan fingerprint density at radius 3 is 2.76 bits per heavy atom. The first-order valence-electron chi connectivity index (χ1n) is 7.83. The van der Waals surface area contributed by atoms with Gasteiger partial charge in [-0.3, -0.25) is 9.59 Å². The van der Waals surface area contributed by atoms with Crippen LogP contribution in [0.5, 0.6) is 0 Å². The zero-order valence-electron chi connectivity index (χ0n) is 13.2. The number of aromatic nitrogens is 2. The van der Waals surface area contributed by atoms with E-state index in [1.54, 1.807) is 16.3 Å². The Balaban J connectivity index is 1.68. The van der Waals surface area contributed by atoms with E-state index in [1.807, 2.05) is 30.3 Å². The molecular weight excluding hydrogens is 358 g/mol. The van der Waals surface area contributed by atoms with Crippen LogP contribution in [-0.4, -0.2) is 27.3 Å². The Kier molecular flexibility index (Phi) is 4.15. The predicted octanol–water partition coefficient (Wildman–Crippen LogP) is 3.35. The van der Waals surface area contributed by atoms with Gasteiger partial charge in [-0.05, 0) is 17.9 Å². The Hall–Kier alpha value is -2.44. The molecule has 1 aromatic carbocycles. The monoisotopic (exact) mass is 371 g/mol. The summed E-state index contributed by atoms with van der Waals surface area (Å²) in [4.78, 5) is 34.7. The number of carbonyl (C=O) groups is 1. The van der Waals surface area contributed by atoms with E-state index >= 15 is 0 Å². The number of halogens is 1. The fourth-order valence-electron chi connectivity index (χ4n) is 2.94. The normalized spacial score (nSPS) is 13.6. The lowest BCUT2D eigenvalue weighted by Gasteiger charge is -2.27. The minimum atomic E-state index is -0.134. The Morgan fingerprint density at radius 2 is 2.04 bits per heavy atom. The number of benzene rings is 1. The zero-order chi connectivity index (χ0) is 17.4. The fraction of sp³-hybridized carbons (Fsp3) is 0.167. The molecule has 0 fully saturated rings. The van der Waals surface area contributed by atoms with Crippen molar-refractivity contribution in [1.82, 2.24) is 14.9 Å². The molecule has 0 aliphatic carbocycles. The Morgan fingerprint density at radius 1 is 1.24 bits per heavy atom. The smallest absolute Gasteiger partial charge is 0.265 e. The van der Waals surface area contributed by atoms with Gasteiger partial charge in [0.1, 0.15) is 10.7 Å². The summed E-state index contributed by atoms with van der Waals surface area (Å²) in [6.07, 6.45) is 0.488. The highest BCUT2D eigenvalue weighted by molar-refractivity contribution is 7.12. The van der Waals surface area contributed by atoms with E-state index < -0.39 is 0 Å². The summed E-state index contributed by atoms with van der Waals surface area (Å²) >= 11 is 7.40. The van der Waals surface area contributed by atoms with Crippen molar-refractivity contribution >= 4 is 28.8 Å². The van der Waals surface area contributed by atoms with E-state index in [2.05, 4.69) is 9.97 Å². The van der Waals surface area contributed by atoms with Crippen molar-refractivity contribution in [2.24, 2.45) is 0 Å². The summed E-state index contributed by atoms with van der Waals surface area (Å²) in [6.45, 7) is 0.793. The number of amides is 1. The van der Waals surface area contributed by atoms with Crippen molar-refractivity contribution in [2.45, 2.75) is 13.0 Å². The molecule has 3 heterocycles. The van der Waals surface area contributed by atoms with Crippen molar-refractivity contribution in [3.8, 4) is 11.4 Å². The maximum atomic E-state index is 12.7. The van der Waals surface area contributed by atoms with Crippen LogP contribution in [0.4, 0.5) is 0 Å². The predicted molar refractivity (Wildman–Crippen MR) is 98.1 cm³/mol. The van der Waals surface area contributed by atoms with Crippen molar-refractivity contribution in [3.05, 3.63) is 73.3 Å². The van der Waals surface area contributed by atoms with Gasteiger partial charge in [0.25, 0.3) is 11.5 Å². The van der Waals surface area contributed by atoms with Gasteiger partial charge in [-0.2, -0.15) is 0 Å². The number of H-pyrrole nitrogens is 1. The van der Waals surface area contributed by atoms with Crippen LogP contribution in [0.25, 0.3) is 11.4 Å². The number of thiophene rings is 1. The molecule has 4 rings (SSSR count). The van der Waals surface area contributed by atoms with Gasteiger partial charge in [0.05, 0.1) is 17.3 Å². The molecule has 1 aliphatic heterocycles. The van der Waals surface area contributed by atoms with Crippen molar-refractivity contribution in [2.75, 3.05) is 6.54 Å². The third-order valence-electron chi connectivity index (χ3n) is 4.22. The SMILES string of the molecule is O=C(c1sccc1Cl)N1CCc2c(nc(-c3ccccc3)[nH]c2=O)C1. The second kappa shape index (κ2) is 6.46. The lowest BCUT2D eigenvalue weighted by Crippen LogP contribution is -2.39. The molecule has 25 heavy (non-hydrogen) atoms. The molecule has 0 saturated heterocycles. The molecule has 126 valence electrons. The Labute approximate surface area is 152 Å². The van der Waals surface area contributed by atoms with Gasteiger partial charge in [0.15, 0.2) is 0 Å². The van der Waals surface area contributed by atoms with Crippen LogP contribution >= 0.6 is 22.9 Å². The number of aromatic amines is 1. The highest BCUT2D eigenvalue weighted by atomic mass is 35.5. The molecule has 0 unspecified atom stereocenters. The molecule has 3 aromatic rings. The molecule has 1 N–H and O–H groups in total. The maximum Gasteiger partial charge on any atom is 0.265 e. The highest BCUT2D eigenvalue weighted by Crippen LogP contribution is 2.26. The zero-order valence-corrected chi connectivity index (χ0v) is 14.7. The largest absolute Gasteiger partial charge is 0.332 e. The number of fused-ring (bicyclic) bond motifs is 1. The average Bonchev–Trinajstić information content (AvgIpc) is 3.07. The van der Waals surface area contributed by atoms with E-state index in [0.29, 0.717) is 46.5 Å². The van der Waals surface area contributed by atoms with Crippen molar-refractivity contribution in [3.63, 3.8) is 0 Å². The van der Waals surface area contributed by atoms with E-state index in [9.17, 15) is 9.59 Å². The number of hydrogen-bond acceptors (Lipinski definition) is 4. The maximum absolute atomic E-state index is 12.7. The molecule has 1 aliphatic rings. The summed E-state index contributed by atoms with van der Waals surface area (Å²) in [6, 6.07) is 11.2. The number of nitrogens with one attached hydrogen (secondary N) is 1. The minimum absolute atomic E-state index is 0.117. The number of nitrogens with zero attached hydrogens (tertiary/aromatic N) is 2. The standard InChI is InChI=1S/C18H14ClN3O2S/c19-13-7-9-25-15(13)18(24)22-8-6-12-14(10-22)20-16(21-17(12)23)11-4-2-1-3-5-11/h1-5,7,9H,6,8,10H2,(H,20,21,23). The third kappa shape index (κ3) is 2.99. The van der Waals surface area contributed by atoms with E-state index in [4.69, 9.17) is 11.6 Å². The second-order valence-electron chi connectivity index (χ2n) is 5.78. The summed E-state index contributed by atoms with van der Waals surface area (Å²) in [5.74, 6) is 0.404. The van der Waals surface area contributed by atoms with Crippen LogP contribution in [0.3, 0.4) is 0 Å². The molecule has 0 radical (unpaired) electrons. The quantitative estimate of drug-likeness (QED) is 0.751. The molecule has 7 heteroatoms. The molecule has 0 atom stereocenters. The van der Waals surface area contributed by atoms with E-state index in [0.717, 1.165) is 5.56 Å². The van der Waals surface area contributed by atoms with Gasteiger partial charge < -0.3 is 9.88 Å². The molecular formula is C18H14ClN3O2S. The number of carbonyl (C=O) groups excluding carboxylic acids is 1. The van der Waals surface area contributed by atoms with Gasteiger partial charge >= 0.3 is 0 Å². The summed E-state index contributed by atoms with van der Waals surface area (Å²) < 4.78 is 0. The minimum Gasteiger partial charge on any atom is -0.332 e. The molecule has 5 nitrogen and oxygen atoms in total. The van der Waals surface area contributed by atoms with Crippen LogP contribution in [0.1, 0.15) is 20.9 Å². The van der Waals surface area contributed by atoms with Crippen LogP contribution < -0.4 is 5.56 Å². The van der Waals surface area contributed by atoms with Crippen LogP contribution in [-0.2, 0) is 13.0 Å². The molecule has 0 saturated carbocycles. The molecule has 2 aromatic heterocycles. The number of hydrogen-bond donors (Lipinski definition) is 1. The van der Waals surface area contributed by atoms with Crippen LogP contribution in [0, 0.1) is 0 Å². The van der Waals surface area contributed by atoms with E-state index in [1.165, 1.54) is 11.3 Å². The lowest BCUT2D eigenvalue weighted by molar-refractivity contribution is 0.0736. The van der Waals surface area contributed by atoms with E-state index in [-0.39, 0.29) is 11.5 Å². The number of rotatable bonds is 2. The van der Waals surface area contributed by atoms with Crippen LogP contribution in [0.15, 0.2) is 46.6 Å².